The number of aliphatic carboxylic acids is 1. The molecule has 0 aliphatic heterocycles. The molecule has 5 heteroatoms. The molecular formula is C20H15ClO3S. The summed E-state index contributed by atoms with van der Waals surface area (Å²) in [5, 5.41) is 11.3. The topological polar surface area (TPSA) is 54.4 Å². The van der Waals surface area contributed by atoms with E-state index in [1.54, 1.807) is 24.3 Å². The molecule has 0 saturated heterocycles. The lowest BCUT2D eigenvalue weighted by atomic mass is 10.1. The Labute approximate surface area is 154 Å². The van der Waals surface area contributed by atoms with E-state index in [2.05, 4.69) is 0 Å². The Kier molecular flexibility index (Phi) is 5.41. The quantitative estimate of drug-likeness (QED) is 0.471. The van der Waals surface area contributed by atoms with Crippen LogP contribution in [0.2, 0.25) is 5.02 Å². The number of hydrogen-bond acceptors (Lipinski definition) is 3. The van der Waals surface area contributed by atoms with Gasteiger partial charge in [-0.15, -0.1) is 11.8 Å². The molecule has 3 aromatic carbocycles. The molecule has 1 N–H and O–H groups in total. The smallest absolute Gasteiger partial charge is 0.317 e. The second kappa shape index (κ2) is 7.72. The van der Waals surface area contributed by atoms with Gasteiger partial charge >= 0.3 is 5.97 Å². The summed E-state index contributed by atoms with van der Waals surface area (Å²) < 4.78 is 0. The van der Waals surface area contributed by atoms with Crippen LogP contribution in [0.4, 0.5) is 0 Å². The molecule has 3 aromatic rings. The first-order valence-corrected chi connectivity index (χ1v) is 8.96. The van der Waals surface area contributed by atoms with Gasteiger partial charge in [-0.25, -0.2) is 0 Å². The predicted molar refractivity (Wildman–Crippen MR) is 102 cm³/mol. The van der Waals surface area contributed by atoms with Crippen LogP contribution in [0.1, 0.15) is 16.8 Å². The third kappa shape index (κ3) is 4.41. The van der Waals surface area contributed by atoms with Gasteiger partial charge in [0.15, 0.2) is 5.78 Å². The summed E-state index contributed by atoms with van der Waals surface area (Å²) in [5.41, 5.74) is 0.467. The molecule has 0 radical (unpaired) electrons. The minimum atomic E-state index is -1.000. The van der Waals surface area contributed by atoms with Gasteiger partial charge in [0.05, 0.1) is 0 Å². The number of thioether (sulfide) groups is 1. The maximum atomic E-state index is 12.4. The number of Topliss-reactive ketones (excluding diaryl/α,β-unsaturated/α-hetero) is 1. The van der Waals surface area contributed by atoms with E-state index in [1.165, 1.54) is 11.8 Å². The zero-order chi connectivity index (χ0) is 17.8. The van der Waals surface area contributed by atoms with E-state index in [-0.39, 0.29) is 12.2 Å². The SMILES string of the molecule is O=C(CC(Sc1ccc2ccccc2c1)C(=O)O)c1ccc(Cl)cc1. The summed E-state index contributed by atoms with van der Waals surface area (Å²) in [4.78, 5) is 24.8. The second-order valence-electron chi connectivity index (χ2n) is 5.59. The van der Waals surface area contributed by atoms with Crippen molar-refractivity contribution in [3.05, 3.63) is 77.3 Å². The van der Waals surface area contributed by atoms with Crippen molar-refractivity contribution in [1.82, 2.24) is 0 Å². The Hall–Kier alpha value is -2.30. The van der Waals surface area contributed by atoms with Crippen LogP contribution in [-0.2, 0) is 4.79 Å². The molecule has 25 heavy (non-hydrogen) atoms. The van der Waals surface area contributed by atoms with E-state index in [1.807, 2.05) is 42.5 Å². The number of benzene rings is 3. The number of carboxylic acids is 1. The molecule has 3 rings (SSSR count). The Balaban J connectivity index is 1.77. The predicted octanol–water partition coefficient (Wildman–Crippen LogP) is 5.31. The number of carboxylic acid groups (broad SMARTS) is 1. The van der Waals surface area contributed by atoms with Crippen LogP contribution in [0.3, 0.4) is 0 Å². The number of halogens is 1. The van der Waals surface area contributed by atoms with Crippen molar-refractivity contribution >= 4 is 45.9 Å². The summed E-state index contributed by atoms with van der Waals surface area (Å²) in [6.45, 7) is 0. The number of carbonyl (C=O) groups is 2. The number of fused-ring (bicyclic) bond motifs is 1. The largest absolute Gasteiger partial charge is 0.480 e. The highest BCUT2D eigenvalue weighted by Crippen LogP contribution is 2.29. The molecule has 0 spiro atoms. The maximum Gasteiger partial charge on any atom is 0.317 e. The fourth-order valence-electron chi connectivity index (χ4n) is 2.51. The molecule has 0 heterocycles. The number of hydrogen-bond donors (Lipinski definition) is 1. The van der Waals surface area contributed by atoms with Crippen molar-refractivity contribution in [3.63, 3.8) is 0 Å². The summed E-state index contributed by atoms with van der Waals surface area (Å²) in [6, 6.07) is 20.2. The van der Waals surface area contributed by atoms with Gasteiger partial charge in [0.1, 0.15) is 5.25 Å². The number of carbonyl (C=O) groups excluding carboxylic acids is 1. The summed E-state index contributed by atoms with van der Waals surface area (Å²) in [5.74, 6) is -1.21. The maximum absolute atomic E-state index is 12.4. The van der Waals surface area contributed by atoms with E-state index in [4.69, 9.17) is 11.6 Å². The average molecular weight is 371 g/mol. The molecule has 0 saturated carbocycles. The van der Waals surface area contributed by atoms with Gasteiger partial charge in [-0.3, -0.25) is 9.59 Å². The van der Waals surface area contributed by atoms with E-state index in [9.17, 15) is 14.7 Å². The van der Waals surface area contributed by atoms with Crippen LogP contribution in [0, 0.1) is 0 Å². The first-order valence-electron chi connectivity index (χ1n) is 7.70. The van der Waals surface area contributed by atoms with Gasteiger partial charge in [-0.2, -0.15) is 0 Å². The molecule has 0 aliphatic carbocycles. The first kappa shape index (κ1) is 17.5. The Morgan fingerprint density at radius 1 is 0.960 bits per heavy atom. The molecular weight excluding hydrogens is 356 g/mol. The summed E-state index contributed by atoms with van der Waals surface area (Å²) in [6.07, 6.45) is -0.0749. The number of rotatable bonds is 6. The van der Waals surface area contributed by atoms with E-state index in [0.717, 1.165) is 15.7 Å². The Morgan fingerprint density at radius 2 is 1.64 bits per heavy atom. The monoisotopic (exact) mass is 370 g/mol. The highest BCUT2D eigenvalue weighted by atomic mass is 35.5. The average Bonchev–Trinajstić information content (AvgIpc) is 2.61. The van der Waals surface area contributed by atoms with Gasteiger partial charge < -0.3 is 5.11 Å². The van der Waals surface area contributed by atoms with E-state index in [0.29, 0.717) is 10.6 Å². The van der Waals surface area contributed by atoms with Crippen LogP contribution >= 0.6 is 23.4 Å². The zero-order valence-corrected chi connectivity index (χ0v) is 14.8. The van der Waals surface area contributed by atoms with Gasteiger partial charge in [-0.05, 0) is 47.2 Å². The van der Waals surface area contributed by atoms with Crippen molar-refractivity contribution in [2.75, 3.05) is 0 Å². The zero-order valence-electron chi connectivity index (χ0n) is 13.2. The van der Waals surface area contributed by atoms with E-state index >= 15 is 0 Å². The van der Waals surface area contributed by atoms with Crippen LogP contribution in [0.5, 0.6) is 0 Å². The lowest BCUT2D eigenvalue weighted by Crippen LogP contribution is -2.20. The lowest BCUT2D eigenvalue weighted by Gasteiger charge is -2.12. The van der Waals surface area contributed by atoms with Gasteiger partial charge in [0, 0.05) is 21.9 Å². The van der Waals surface area contributed by atoms with Crippen molar-refractivity contribution in [2.24, 2.45) is 0 Å². The highest BCUT2D eigenvalue weighted by Gasteiger charge is 2.23. The minimum absolute atomic E-state index is 0.0749. The molecule has 0 aromatic heterocycles. The van der Waals surface area contributed by atoms with Gasteiger partial charge in [0.2, 0.25) is 0 Å². The molecule has 126 valence electrons. The van der Waals surface area contributed by atoms with Crippen LogP contribution in [0.25, 0.3) is 10.8 Å². The Morgan fingerprint density at radius 3 is 2.32 bits per heavy atom. The number of ketones is 1. The molecule has 0 amide bonds. The van der Waals surface area contributed by atoms with Crippen LogP contribution in [-0.4, -0.2) is 22.1 Å². The Bertz CT molecular complexity index is 922. The van der Waals surface area contributed by atoms with E-state index < -0.39 is 11.2 Å². The van der Waals surface area contributed by atoms with Crippen LogP contribution < -0.4 is 0 Å². The van der Waals surface area contributed by atoms with Crippen molar-refractivity contribution in [3.8, 4) is 0 Å². The highest BCUT2D eigenvalue weighted by molar-refractivity contribution is 8.00. The fraction of sp³-hybridized carbons (Fsp3) is 0.100. The molecule has 3 nitrogen and oxygen atoms in total. The lowest BCUT2D eigenvalue weighted by molar-refractivity contribution is -0.136. The molecule has 0 bridgehead atoms. The van der Waals surface area contributed by atoms with Crippen molar-refractivity contribution < 1.29 is 14.7 Å². The molecule has 1 atom stereocenters. The second-order valence-corrected chi connectivity index (χ2v) is 7.30. The van der Waals surface area contributed by atoms with Crippen molar-refractivity contribution in [1.29, 1.82) is 0 Å². The van der Waals surface area contributed by atoms with Crippen molar-refractivity contribution in [2.45, 2.75) is 16.6 Å². The standard InChI is InChI=1S/C20H15ClO3S/c21-16-8-5-14(6-9-16)18(22)12-19(20(23)24)25-17-10-7-13-3-1-2-4-15(13)11-17/h1-11,19H,12H2,(H,23,24). The molecule has 0 aliphatic rings. The van der Waals surface area contributed by atoms with Gasteiger partial charge in [-0.1, -0.05) is 41.9 Å². The summed E-state index contributed by atoms with van der Waals surface area (Å²) >= 11 is 7.01. The fourth-order valence-corrected chi connectivity index (χ4v) is 3.64. The van der Waals surface area contributed by atoms with Crippen LogP contribution in [0.15, 0.2) is 71.6 Å². The molecule has 0 fully saturated rings. The molecule has 1 unspecified atom stereocenters. The third-order valence-electron chi connectivity index (χ3n) is 3.81. The third-order valence-corrected chi connectivity index (χ3v) is 5.24. The first-order chi connectivity index (χ1) is 12.0. The minimum Gasteiger partial charge on any atom is -0.480 e. The summed E-state index contributed by atoms with van der Waals surface area (Å²) in [7, 11) is 0. The normalized spacial score (nSPS) is 12.0. The van der Waals surface area contributed by atoms with Gasteiger partial charge in [0.25, 0.3) is 0 Å².